The highest BCUT2D eigenvalue weighted by atomic mass is 16.2. The van der Waals surface area contributed by atoms with Crippen LogP contribution in [0.5, 0.6) is 0 Å². The van der Waals surface area contributed by atoms with Crippen LogP contribution in [0.15, 0.2) is 0 Å². The Labute approximate surface area is 118 Å². The minimum absolute atomic E-state index is 0.0853. The first-order valence-corrected chi connectivity index (χ1v) is 8.10. The lowest BCUT2D eigenvalue weighted by molar-refractivity contribution is -0.133. The number of hydrogen-bond donors (Lipinski definition) is 2. The molecule has 0 atom stereocenters. The van der Waals surface area contributed by atoms with Crippen molar-refractivity contribution in [1.82, 2.24) is 10.6 Å². The van der Waals surface area contributed by atoms with Gasteiger partial charge in [-0.15, -0.1) is 0 Å². The lowest BCUT2D eigenvalue weighted by Gasteiger charge is -2.36. The minimum atomic E-state index is -0.0853. The van der Waals surface area contributed by atoms with Crippen LogP contribution in [0.25, 0.3) is 0 Å². The fraction of sp³-hybridized carbons (Fsp3) is 0.938. The maximum Gasteiger partial charge on any atom is 0.226 e. The summed E-state index contributed by atoms with van der Waals surface area (Å²) in [5, 5.41) is 6.55. The van der Waals surface area contributed by atoms with Gasteiger partial charge in [0, 0.05) is 6.54 Å². The second-order valence-corrected chi connectivity index (χ2v) is 6.43. The van der Waals surface area contributed by atoms with E-state index in [1.807, 2.05) is 0 Å². The van der Waals surface area contributed by atoms with Gasteiger partial charge in [-0.2, -0.15) is 0 Å². The lowest BCUT2D eigenvalue weighted by atomic mass is 9.74. The topological polar surface area (TPSA) is 41.1 Å². The summed E-state index contributed by atoms with van der Waals surface area (Å²) in [6.07, 6.45) is 7.73. The number of rotatable bonds is 8. The van der Waals surface area contributed by atoms with Crippen molar-refractivity contribution in [2.75, 3.05) is 19.6 Å². The van der Waals surface area contributed by atoms with Gasteiger partial charge in [-0.25, -0.2) is 0 Å². The second-order valence-electron chi connectivity index (χ2n) is 6.43. The number of amides is 1. The molecule has 1 fully saturated rings. The molecular weight excluding hydrogens is 236 g/mol. The molecule has 0 aromatic carbocycles. The van der Waals surface area contributed by atoms with Crippen LogP contribution in [0.3, 0.4) is 0 Å². The third-order valence-corrected chi connectivity index (χ3v) is 4.26. The molecule has 0 aliphatic carbocycles. The fourth-order valence-electron chi connectivity index (χ4n) is 3.04. The van der Waals surface area contributed by atoms with E-state index in [0.29, 0.717) is 5.91 Å². The Kier molecular flexibility index (Phi) is 7.44. The van der Waals surface area contributed by atoms with Crippen LogP contribution in [0.4, 0.5) is 0 Å². The van der Waals surface area contributed by atoms with Gasteiger partial charge in [-0.3, -0.25) is 4.79 Å². The fourth-order valence-corrected chi connectivity index (χ4v) is 3.04. The average Bonchev–Trinajstić information content (AvgIpc) is 2.39. The predicted octanol–water partition coefficient (Wildman–Crippen LogP) is 3.10. The van der Waals surface area contributed by atoms with Gasteiger partial charge in [0.15, 0.2) is 0 Å². The van der Waals surface area contributed by atoms with Crippen LogP contribution in [-0.4, -0.2) is 25.5 Å². The lowest BCUT2D eigenvalue weighted by Crippen LogP contribution is -2.47. The van der Waals surface area contributed by atoms with E-state index in [0.717, 1.165) is 57.7 Å². The molecule has 1 aliphatic heterocycles. The molecule has 0 unspecified atom stereocenters. The van der Waals surface area contributed by atoms with E-state index in [9.17, 15) is 4.79 Å². The third kappa shape index (κ3) is 5.52. The van der Waals surface area contributed by atoms with E-state index in [1.165, 1.54) is 12.8 Å². The molecule has 1 amide bonds. The highest BCUT2D eigenvalue weighted by molar-refractivity contribution is 5.82. The van der Waals surface area contributed by atoms with Crippen molar-refractivity contribution >= 4 is 5.91 Å². The number of hydrogen-bond acceptors (Lipinski definition) is 2. The largest absolute Gasteiger partial charge is 0.356 e. The van der Waals surface area contributed by atoms with Crippen molar-refractivity contribution in [2.45, 2.75) is 65.7 Å². The van der Waals surface area contributed by atoms with Gasteiger partial charge < -0.3 is 10.6 Å². The molecule has 1 aliphatic rings. The van der Waals surface area contributed by atoms with Crippen LogP contribution in [0.2, 0.25) is 0 Å². The molecule has 0 aromatic rings. The summed E-state index contributed by atoms with van der Waals surface area (Å²) < 4.78 is 0. The molecule has 0 spiro atoms. The van der Waals surface area contributed by atoms with Crippen molar-refractivity contribution in [3.8, 4) is 0 Å². The molecule has 3 nitrogen and oxygen atoms in total. The average molecular weight is 268 g/mol. The standard InChI is InChI=1S/C16H32N2O/c1-4-8-16(9-12-17-13-10-16)15(19)18-11-6-5-7-14(2)3/h14,17H,4-13H2,1-3H3,(H,18,19). The number of carbonyl (C=O) groups is 1. The number of piperidine rings is 1. The van der Waals surface area contributed by atoms with Crippen molar-refractivity contribution in [2.24, 2.45) is 11.3 Å². The van der Waals surface area contributed by atoms with Crippen molar-refractivity contribution in [3.05, 3.63) is 0 Å². The first kappa shape index (κ1) is 16.5. The van der Waals surface area contributed by atoms with Gasteiger partial charge in [-0.05, 0) is 44.7 Å². The quantitative estimate of drug-likeness (QED) is 0.664. The highest BCUT2D eigenvalue weighted by Crippen LogP contribution is 2.34. The molecule has 1 heterocycles. The summed E-state index contributed by atoms with van der Waals surface area (Å²) >= 11 is 0. The van der Waals surface area contributed by atoms with Crippen LogP contribution in [0, 0.1) is 11.3 Å². The van der Waals surface area contributed by atoms with Crippen molar-refractivity contribution in [3.63, 3.8) is 0 Å². The van der Waals surface area contributed by atoms with E-state index < -0.39 is 0 Å². The molecular formula is C16H32N2O. The minimum Gasteiger partial charge on any atom is -0.356 e. The van der Waals surface area contributed by atoms with Gasteiger partial charge >= 0.3 is 0 Å². The molecule has 19 heavy (non-hydrogen) atoms. The zero-order chi connectivity index (χ0) is 14.1. The monoisotopic (exact) mass is 268 g/mol. The molecule has 0 bridgehead atoms. The number of unbranched alkanes of at least 4 members (excludes halogenated alkanes) is 1. The Bertz CT molecular complexity index is 252. The van der Waals surface area contributed by atoms with Crippen molar-refractivity contribution < 1.29 is 4.79 Å². The SMILES string of the molecule is CCCC1(C(=O)NCCCCC(C)C)CCNCC1. The highest BCUT2D eigenvalue weighted by Gasteiger charge is 2.38. The summed E-state index contributed by atoms with van der Waals surface area (Å²) in [5.74, 6) is 1.08. The van der Waals surface area contributed by atoms with E-state index >= 15 is 0 Å². The molecule has 3 heteroatoms. The number of nitrogens with one attached hydrogen (secondary N) is 2. The molecule has 112 valence electrons. The van der Waals surface area contributed by atoms with E-state index in [-0.39, 0.29) is 5.41 Å². The Morgan fingerprint density at radius 1 is 1.26 bits per heavy atom. The molecule has 1 rings (SSSR count). The second kappa shape index (κ2) is 8.57. The van der Waals surface area contributed by atoms with Crippen molar-refractivity contribution in [1.29, 1.82) is 0 Å². The molecule has 2 N–H and O–H groups in total. The first-order chi connectivity index (χ1) is 9.10. The van der Waals surface area contributed by atoms with Gasteiger partial charge in [0.05, 0.1) is 5.41 Å². The Morgan fingerprint density at radius 3 is 2.53 bits per heavy atom. The van der Waals surface area contributed by atoms with Gasteiger partial charge in [-0.1, -0.05) is 40.0 Å². The number of carbonyl (C=O) groups excluding carboxylic acids is 1. The van der Waals surface area contributed by atoms with Gasteiger partial charge in [0.2, 0.25) is 5.91 Å². The summed E-state index contributed by atoms with van der Waals surface area (Å²) in [6.45, 7) is 9.51. The molecule has 0 saturated carbocycles. The maximum atomic E-state index is 12.5. The zero-order valence-electron chi connectivity index (χ0n) is 13.1. The molecule has 0 radical (unpaired) electrons. The normalized spacial score (nSPS) is 18.5. The predicted molar refractivity (Wildman–Crippen MR) is 81.1 cm³/mol. The first-order valence-electron chi connectivity index (χ1n) is 8.10. The Balaban J connectivity index is 2.32. The van der Waals surface area contributed by atoms with Crippen LogP contribution in [-0.2, 0) is 4.79 Å². The van der Waals surface area contributed by atoms with Crippen LogP contribution in [0.1, 0.15) is 65.7 Å². The molecule has 1 saturated heterocycles. The van der Waals surface area contributed by atoms with E-state index in [1.54, 1.807) is 0 Å². The van der Waals surface area contributed by atoms with Crippen LogP contribution >= 0.6 is 0 Å². The zero-order valence-corrected chi connectivity index (χ0v) is 13.1. The van der Waals surface area contributed by atoms with Crippen LogP contribution < -0.4 is 10.6 Å². The molecule has 0 aromatic heterocycles. The van der Waals surface area contributed by atoms with Gasteiger partial charge in [0.25, 0.3) is 0 Å². The maximum absolute atomic E-state index is 12.5. The summed E-state index contributed by atoms with van der Waals surface area (Å²) in [4.78, 5) is 12.5. The summed E-state index contributed by atoms with van der Waals surface area (Å²) in [5.41, 5.74) is -0.0853. The summed E-state index contributed by atoms with van der Waals surface area (Å²) in [6, 6.07) is 0. The van der Waals surface area contributed by atoms with E-state index in [2.05, 4.69) is 31.4 Å². The Hall–Kier alpha value is -0.570. The smallest absolute Gasteiger partial charge is 0.226 e. The van der Waals surface area contributed by atoms with E-state index in [4.69, 9.17) is 0 Å². The third-order valence-electron chi connectivity index (χ3n) is 4.26. The van der Waals surface area contributed by atoms with Gasteiger partial charge in [0.1, 0.15) is 0 Å². The summed E-state index contributed by atoms with van der Waals surface area (Å²) in [7, 11) is 0. The Morgan fingerprint density at radius 2 is 1.95 bits per heavy atom.